The first-order chi connectivity index (χ1) is 11.3. The summed E-state index contributed by atoms with van der Waals surface area (Å²) in [6.45, 7) is 4.33. The lowest BCUT2D eigenvalue weighted by molar-refractivity contribution is -0.0566. The molecule has 3 heterocycles. The van der Waals surface area contributed by atoms with Gasteiger partial charge in [-0.1, -0.05) is 0 Å². The topological polar surface area (TPSA) is 129 Å². The fourth-order valence-electron chi connectivity index (χ4n) is 2.75. The number of aliphatic hydroxyl groups excluding tert-OH is 2. The zero-order valence-electron chi connectivity index (χ0n) is 13.5. The Morgan fingerprint density at radius 3 is 2.79 bits per heavy atom. The second-order valence-electron chi connectivity index (χ2n) is 6.18. The zero-order chi connectivity index (χ0) is 17.6. The largest absolute Gasteiger partial charge is 0.473 e. The number of ether oxygens (including phenoxy) is 2. The molecule has 0 spiro atoms. The summed E-state index contributed by atoms with van der Waals surface area (Å²) < 4.78 is 27.3. The predicted octanol–water partition coefficient (Wildman–Crippen LogP) is 0.174. The number of hydrogen-bond donors (Lipinski definition) is 3. The van der Waals surface area contributed by atoms with Crippen molar-refractivity contribution in [3.63, 3.8) is 0 Å². The van der Waals surface area contributed by atoms with Gasteiger partial charge in [-0.15, -0.1) is 0 Å². The Balaban J connectivity index is 2.10. The van der Waals surface area contributed by atoms with Crippen LogP contribution in [-0.2, 0) is 4.74 Å². The molecule has 0 saturated carbocycles. The van der Waals surface area contributed by atoms with Gasteiger partial charge in [-0.25, -0.2) is 9.37 Å². The molecule has 132 valence electrons. The van der Waals surface area contributed by atoms with Crippen molar-refractivity contribution in [3.8, 4) is 5.88 Å². The Morgan fingerprint density at radius 2 is 2.21 bits per heavy atom. The number of imidazole rings is 1. The van der Waals surface area contributed by atoms with Gasteiger partial charge in [0.05, 0.1) is 19.0 Å². The third-order valence-electron chi connectivity index (χ3n) is 3.90. The maximum atomic E-state index is 15.0. The first kappa shape index (κ1) is 16.8. The number of nitrogen functional groups attached to an aromatic ring is 1. The minimum Gasteiger partial charge on any atom is -0.473 e. The maximum absolute atomic E-state index is 15.0. The van der Waals surface area contributed by atoms with Crippen molar-refractivity contribution in [1.82, 2.24) is 19.5 Å². The maximum Gasteiger partial charge on any atom is 0.247 e. The van der Waals surface area contributed by atoms with Crippen LogP contribution in [0.2, 0.25) is 0 Å². The Labute approximate surface area is 137 Å². The van der Waals surface area contributed by atoms with E-state index in [2.05, 4.69) is 15.0 Å². The first-order valence-electron chi connectivity index (χ1n) is 7.55. The molecule has 1 saturated heterocycles. The van der Waals surface area contributed by atoms with E-state index in [1.165, 1.54) is 17.8 Å². The molecule has 2 aromatic heterocycles. The highest BCUT2D eigenvalue weighted by Crippen LogP contribution is 2.42. The number of rotatable bonds is 4. The molecule has 0 radical (unpaired) electrons. The number of fused-ring (bicyclic) bond motifs is 1. The molecule has 0 amide bonds. The summed E-state index contributed by atoms with van der Waals surface area (Å²) in [5, 5.41) is 19.3. The summed E-state index contributed by atoms with van der Waals surface area (Å²) in [6, 6.07) is 0. The van der Waals surface area contributed by atoms with Gasteiger partial charge in [0.1, 0.15) is 12.2 Å². The highest BCUT2D eigenvalue weighted by molar-refractivity contribution is 5.77. The molecule has 24 heavy (non-hydrogen) atoms. The van der Waals surface area contributed by atoms with Gasteiger partial charge in [0.25, 0.3) is 0 Å². The molecule has 4 atom stereocenters. The van der Waals surface area contributed by atoms with Crippen LogP contribution in [0.1, 0.15) is 27.0 Å². The second-order valence-corrected chi connectivity index (χ2v) is 6.18. The van der Waals surface area contributed by atoms with E-state index in [1.807, 2.05) is 13.8 Å². The van der Waals surface area contributed by atoms with Crippen molar-refractivity contribution in [2.45, 2.75) is 51.0 Å². The predicted molar refractivity (Wildman–Crippen MR) is 82.0 cm³/mol. The van der Waals surface area contributed by atoms with E-state index in [1.54, 1.807) is 0 Å². The molecule has 9 nitrogen and oxygen atoms in total. The SMILES string of the molecule is CC(C)Oc1nc(N)nc2c1ncn2[C@@H]1O[C@H](CO)[C@@H](O)[C@@]1(C)F. The van der Waals surface area contributed by atoms with Crippen molar-refractivity contribution < 1.29 is 24.1 Å². The van der Waals surface area contributed by atoms with Gasteiger partial charge in [0.2, 0.25) is 11.8 Å². The van der Waals surface area contributed by atoms with Gasteiger partial charge < -0.3 is 25.4 Å². The average Bonchev–Trinajstić information content (AvgIpc) is 2.99. The third kappa shape index (κ3) is 2.56. The summed E-state index contributed by atoms with van der Waals surface area (Å²) in [5.74, 6) is 0.127. The van der Waals surface area contributed by atoms with Crippen molar-refractivity contribution in [3.05, 3.63) is 6.33 Å². The van der Waals surface area contributed by atoms with Crippen molar-refractivity contribution >= 4 is 17.1 Å². The van der Waals surface area contributed by atoms with Gasteiger partial charge in [-0.2, -0.15) is 9.97 Å². The van der Waals surface area contributed by atoms with Gasteiger partial charge in [-0.3, -0.25) is 4.57 Å². The van der Waals surface area contributed by atoms with E-state index in [0.717, 1.165) is 0 Å². The molecule has 0 bridgehead atoms. The van der Waals surface area contributed by atoms with Gasteiger partial charge >= 0.3 is 0 Å². The molecule has 0 unspecified atom stereocenters. The number of nitrogens with two attached hydrogens (primary N) is 1. The number of alkyl halides is 1. The first-order valence-corrected chi connectivity index (χ1v) is 7.55. The highest BCUT2D eigenvalue weighted by Gasteiger charge is 2.55. The molecule has 4 N–H and O–H groups in total. The van der Waals surface area contributed by atoms with Crippen LogP contribution < -0.4 is 10.5 Å². The Kier molecular flexibility index (Phi) is 4.06. The van der Waals surface area contributed by atoms with E-state index >= 15 is 0 Å². The fourth-order valence-corrected chi connectivity index (χ4v) is 2.75. The molecule has 3 rings (SSSR count). The summed E-state index contributed by atoms with van der Waals surface area (Å²) >= 11 is 0. The molecule has 10 heteroatoms. The number of nitrogens with zero attached hydrogens (tertiary/aromatic N) is 4. The Morgan fingerprint density at radius 1 is 1.50 bits per heavy atom. The van der Waals surface area contributed by atoms with Gasteiger partial charge in [0.15, 0.2) is 23.1 Å². The van der Waals surface area contributed by atoms with Crippen molar-refractivity contribution in [2.24, 2.45) is 0 Å². The highest BCUT2D eigenvalue weighted by atomic mass is 19.1. The van der Waals surface area contributed by atoms with Gasteiger partial charge in [0, 0.05) is 0 Å². The lowest BCUT2D eigenvalue weighted by Gasteiger charge is -2.24. The van der Waals surface area contributed by atoms with Gasteiger partial charge in [-0.05, 0) is 20.8 Å². The summed E-state index contributed by atoms with van der Waals surface area (Å²) in [5.41, 5.74) is 4.08. The van der Waals surface area contributed by atoms with E-state index < -0.39 is 30.7 Å². The monoisotopic (exact) mass is 341 g/mol. The van der Waals surface area contributed by atoms with Crippen molar-refractivity contribution in [2.75, 3.05) is 12.3 Å². The molecule has 1 aliphatic heterocycles. The molecule has 1 fully saturated rings. The quantitative estimate of drug-likeness (QED) is 0.718. The van der Waals surface area contributed by atoms with Crippen LogP contribution in [0.15, 0.2) is 6.33 Å². The zero-order valence-corrected chi connectivity index (χ0v) is 13.5. The van der Waals surface area contributed by atoms with E-state index in [4.69, 9.17) is 15.2 Å². The molecular formula is C14H20FN5O4. The standard InChI is InChI=1S/C14H20FN5O4/c1-6(2)23-11-8-10(18-13(16)19-11)20(5-17-8)12-14(3,15)9(22)7(4-21)24-12/h5-7,9,12,21-22H,4H2,1-3H3,(H2,16,18,19)/t7-,9-,12-,14-/m1/s1. The van der Waals surface area contributed by atoms with Crippen LogP contribution in [0.3, 0.4) is 0 Å². The minimum absolute atomic E-state index is 0.0577. The number of aliphatic hydroxyl groups is 2. The molecule has 0 aliphatic carbocycles. The number of anilines is 1. The van der Waals surface area contributed by atoms with E-state index in [0.29, 0.717) is 5.52 Å². The summed E-state index contributed by atoms with van der Waals surface area (Å²) in [4.78, 5) is 12.3. The lowest BCUT2D eigenvalue weighted by Crippen LogP contribution is -2.40. The second kappa shape index (κ2) is 5.80. The van der Waals surface area contributed by atoms with Crippen LogP contribution in [-0.4, -0.2) is 60.3 Å². The van der Waals surface area contributed by atoms with Crippen LogP contribution in [0.4, 0.5) is 10.3 Å². The lowest BCUT2D eigenvalue weighted by atomic mass is 9.98. The normalized spacial score (nSPS) is 30.4. The van der Waals surface area contributed by atoms with Crippen LogP contribution in [0.5, 0.6) is 5.88 Å². The van der Waals surface area contributed by atoms with Crippen LogP contribution in [0, 0.1) is 0 Å². The van der Waals surface area contributed by atoms with E-state index in [-0.39, 0.29) is 23.6 Å². The molecule has 2 aromatic rings. The average molecular weight is 341 g/mol. The fraction of sp³-hybridized carbons (Fsp3) is 0.643. The summed E-state index contributed by atoms with van der Waals surface area (Å²) in [6.07, 6.45) is -2.61. The van der Waals surface area contributed by atoms with Crippen LogP contribution in [0.25, 0.3) is 11.2 Å². The number of aromatic nitrogens is 4. The van der Waals surface area contributed by atoms with E-state index in [9.17, 15) is 14.6 Å². The third-order valence-corrected chi connectivity index (χ3v) is 3.90. The summed E-state index contributed by atoms with van der Waals surface area (Å²) in [7, 11) is 0. The molecule has 1 aliphatic rings. The number of hydrogen-bond acceptors (Lipinski definition) is 8. The van der Waals surface area contributed by atoms with Crippen LogP contribution >= 0.6 is 0 Å². The minimum atomic E-state index is -2.15. The molecule has 0 aromatic carbocycles. The van der Waals surface area contributed by atoms with Crippen molar-refractivity contribution in [1.29, 1.82) is 0 Å². The number of halogens is 1. The Hall–Kier alpha value is -2.04. The smallest absolute Gasteiger partial charge is 0.247 e. The Bertz CT molecular complexity index is 750. The molecular weight excluding hydrogens is 321 g/mol.